The number of ketones is 1. The highest BCUT2D eigenvalue weighted by molar-refractivity contribution is 6.32. The summed E-state index contributed by atoms with van der Waals surface area (Å²) in [6, 6.07) is 10.4. The van der Waals surface area contributed by atoms with E-state index in [0.29, 0.717) is 34.2 Å². The van der Waals surface area contributed by atoms with Crippen molar-refractivity contribution in [1.82, 2.24) is 0 Å². The number of rotatable bonds is 4. The van der Waals surface area contributed by atoms with Gasteiger partial charge in [-0.3, -0.25) is 4.79 Å². The number of anilines is 1. The molecule has 2 rings (SSSR count). The van der Waals surface area contributed by atoms with E-state index in [9.17, 15) is 4.79 Å². The van der Waals surface area contributed by atoms with Crippen LogP contribution in [0.15, 0.2) is 36.4 Å². The molecule has 0 saturated heterocycles. The summed E-state index contributed by atoms with van der Waals surface area (Å²) in [6.45, 7) is 4.22. The van der Waals surface area contributed by atoms with Gasteiger partial charge in [0.2, 0.25) is 0 Å². The number of benzene rings is 2. The van der Waals surface area contributed by atoms with Gasteiger partial charge in [-0.2, -0.15) is 0 Å². The first-order chi connectivity index (χ1) is 9.54. The predicted molar refractivity (Wildman–Crippen MR) is 81.6 cm³/mol. The van der Waals surface area contributed by atoms with Crippen LogP contribution < -0.4 is 10.5 Å². The van der Waals surface area contributed by atoms with Gasteiger partial charge in [0.05, 0.1) is 12.2 Å². The lowest BCUT2D eigenvalue weighted by molar-refractivity contribution is 0.103. The molecule has 0 radical (unpaired) electrons. The van der Waals surface area contributed by atoms with Crippen molar-refractivity contribution in [3.05, 3.63) is 58.1 Å². The maximum absolute atomic E-state index is 12.6. The van der Waals surface area contributed by atoms with Crippen molar-refractivity contribution in [3.8, 4) is 5.75 Å². The molecule has 0 aromatic heterocycles. The maximum Gasteiger partial charge on any atom is 0.198 e. The first-order valence-electron chi connectivity index (χ1n) is 6.36. The van der Waals surface area contributed by atoms with Gasteiger partial charge < -0.3 is 10.5 Å². The number of carbonyl (C=O) groups is 1. The zero-order valence-corrected chi connectivity index (χ0v) is 12.2. The van der Waals surface area contributed by atoms with Gasteiger partial charge in [0, 0.05) is 16.3 Å². The number of para-hydroxylation sites is 1. The quantitative estimate of drug-likeness (QED) is 0.687. The van der Waals surface area contributed by atoms with E-state index in [-0.39, 0.29) is 5.78 Å². The summed E-state index contributed by atoms with van der Waals surface area (Å²) in [4.78, 5) is 12.6. The van der Waals surface area contributed by atoms with Crippen molar-refractivity contribution in [3.63, 3.8) is 0 Å². The summed E-state index contributed by atoms with van der Waals surface area (Å²) in [5, 5.41) is 0.534. The molecule has 2 aromatic rings. The topological polar surface area (TPSA) is 52.3 Å². The Morgan fingerprint density at radius 3 is 2.60 bits per heavy atom. The number of halogens is 1. The number of nitrogens with two attached hydrogens (primary N) is 1. The fourth-order valence-electron chi connectivity index (χ4n) is 1.96. The van der Waals surface area contributed by atoms with E-state index >= 15 is 0 Å². The van der Waals surface area contributed by atoms with Gasteiger partial charge in [-0.15, -0.1) is 0 Å². The van der Waals surface area contributed by atoms with Crippen molar-refractivity contribution in [2.24, 2.45) is 0 Å². The third-order valence-corrected chi connectivity index (χ3v) is 3.42. The number of aryl methyl sites for hydroxylation is 1. The SMILES string of the molecule is CCOc1cc(C)c(Cl)cc1C(=O)c1ccccc1N. The molecule has 0 heterocycles. The van der Waals surface area contributed by atoms with Crippen molar-refractivity contribution in [1.29, 1.82) is 0 Å². The number of hydrogen-bond acceptors (Lipinski definition) is 3. The minimum atomic E-state index is -0.187. The molecule has 0 aliphatic carbocycles. The van der Waals surface area contributed by atoms with Crippen LogP contribution in [-0.2, 0) is 0 Å². The van der Waals surface area contributed by atoms with Crippen LogP contribution in [0.3, 0.4) is 0 Å². The van der Waals surface area contributed by atoms with E-state index in [0.717, 1.165) is 5.56 Å². The highest BCUT2D eigenvalue weighted by Gasteiger charge is 2.18. The Morgan fingerprint density at radius 1 is 1.25 bits per heavy atom. The van der Waals surface area contributed by atoms with E-state index in [2.05, 4.69) is 0 Å². The van der Waals surface area contributed by atoms with Crippen LogP contribution >= 0.6 is 11.6 Å². The fourth-order valence-corrected chi connectivity index (χ4v) is 2.12. The van der Waals surface area contributed by atoms with Crippen LogP contribution in [0, 0.1) is 6.92 Å². The molecule has 0 aliphatic rings. The Balaban J connectivity index is 2.54. The second-order valence-electron chi connectivity index (χ2n) is 4.45. The summed E-state index contributed by atoms with van der Waals surface area (Å²) in [7, 11) is 0. The molecule has 0 amide bonds. The van der Waals surface area contributed by atoms with Crippen LogP contribution in [0.25, 0.3) is 0 Å². The number of nitrogen functional groups attached to an aromatic ring is 1. The van der Waals surface area contributed by atoms with Gasteiger partial charge in [-0.25, -0.2) is 0 Å². The summed E-state index contributed by atoms with van der Waals surface area (Å²) in [5.41, 5.74) is 8.05. The fraction of sp³-hybridized carbons (Fsp3) is 0.188. The minimum Gasteiger partial charge on any atom is -0.493 e. The van der Waals surface area contributed by atoms with Gasteiger partial charge in [0.15, 0.2) is 5.78 Å². The summed E-state index contributed by atoms with van der Waals surface area (Å²) in [6.07, 6.45) is 0. The second-order valence-corrected chi connectivity index (χ2v) is 4.85. The first-order valence-corrected chi connectivity index (χ1v) is 6.74. The summed E-state index contributed by atoms with van der Waals surface area (Å²) < 4.78 is 5.54. The first kappa shape index (κ1) is 14.4. The molecule has 104 valence electrons. The molecule has 0 atom stereocenters. The van der Waals surface area contributed by atoms with Crippen molar-refractivity contribution < 1.29 is 9.53 Å². The molecule has 0 fully saturated rings. The molecule has 2 aromatic carbocycles. The van der Waals surface area contributed by atoms with E-state index in [1.807, 2.05) is 13.8 Å². The molecule has 0 saturated carbocycles. The smallest absolute Gasteiger partial charge is 0.198 e. The average molecular weight is 290 g/mol. The normalized spacial score (nSPS) is 10.3. The zero-order valence-electron chi connectivity index (χ0n) is 11.4. The summed E-state index contributed by atoms with van der Waals surface area (Å²) >= 11 is 6.12. The highest BCUT2D eigenvalue weighted by atomic mass is 35.5. The molecule has 4 heteroatoms. The average Bonchev–Trinajstić information content (AvgIpc) is 2.43. The molecule has 3 nitrogen and oxygen atoms in total. The van der Waals surface area contributed by atoms with Crippen LogP contribution in [0.1, 0.15) is 28.4 Å². The Morgan fingerprint density at radius 2 is 1.95 bits per heavy atom. The van der Waals surface area contributed by atoms with E-state index < -0.39 is 0 Å². The third-order valence-electron chi connectivity index (χ3n) is 3.01. The lowest BCUT2D eigenvalue weighted by Gasteiger charge is -2.12. The van der Waals surface area contributed by atoms with Crippen LogP contribution in [0.4, 0.5) is 5.69 Å². The molecule has 0 unspecified atom stereocenters. The highest BCUT2D eigenvalue weighted by Crippen LogP contribution is 2.29. The van der Waals surface area contributed by atoms with Gasteiger partial charge in [0.1, 0.15) is 5.75 Å². The van der Waals surface area contributed by atoms with Gasteiger partial charge in [0.25, 0.3) is 0 Å². The summed E-state index contributed by atoms with van der Waals surface area (Å²) in [5.74, 6) is 0.344. The third kappa shape index (κ3) is 2.78. The van der Waals surface area contributed by atoms with Crippen molar-refractivity contribution in [2.75, 3.05) is 12.3 Å². The Bertz CT molecular complexity index is 653. The van der Waals surface area contributed by atoms with Gasteiger partial charge in [-0.05, 0) is 43.7 Å². The monoisotopic (exact) mass is 289 g/mol. The molecular weight excluding hydrogens is 274 g/mol. The minimum absolute atomic E-state index is 0.187. The molecule has 0 bridgehead atoms. The molecule has 0 spiro atoms. The second kappa shape index (κ2) is 5.97. The Labute approximate surface area is 123 Å². The number of carbonyl (C=O) groups excluding carboxylic acids is 1. The maximum atomic E-state index is 12.6. The van der Waals surface area contributed by atoms with Crippen molar-refractivity contribution >= 4 is 23.1 Å². The van der Waals surface area contributed by atoms with Gasteiger partial charge in [-0.1, -0.05) is 23.7 Å². The van der Waals surface area contributed by atoms with Gasteiger partial charge >= 0.3 is 0 Å². The Kier molecular flexibility index (Phi) is 4.30. The molecular formula is C16H16ClNO2. The van der Waals surface area contributed by atoms with E-state index in [4.69, 9.17) is 22.1 Å². The van der Waals surface area contributed by atoms with E-state index in [1.165, 1.54) is 0 Å². The molecule has 0 aliphatic heterocycles. The van der Waals surface area contributed by atoms with Crippen LogP contribution in [0.2, 0.25) is 5.02 Å². The molecule has 20 heavy (non-hydrogen) atoms. The largest absolute Gasteiger partial charge is 0.493 e. The van der Waals surface area contributed by atoms with Crippen molar-refractivity contribution in [2.45, 2.75) is 13.8 Å². The lowest BCUT2D eigenvalue weighted by Crippen LogP contribution is -2.08. The number of hydrogen-bond donors (Lipinski definition) is 1. The number of ether oxygens (including phenoxy) is 1. The predicted octanol–water partition coefficient (Wildman–Crippen LogP) is 3.86. The zero-order chi connectivity index (χ0) is 14.7. The standard InChI is InChI=1S/C16H16ClNO2/c1-3-20-15-8-10(2)13(17)9-12(15)16(19)11-6-4-5-7-14(11)18/h4-9H,3,18H2,1-2H3. The van der Waals surface area contributed by atoms with Crippen LogP contribution in [-0.4, -0.2) is 12.4 Å². The Hall–Kier alpha value is -2.00. The lowest BCUT2D eigenvalue weighted by atomic mass is 10.00. The van der Waals surface area contributed by atoms with Crippen LogP contribution in [0.5, 0.6) is 5.75 Å². The molecule has 2 N–H and O–H groups in total. The van der Waals surface area contributed by atoms with E-state index in [1.54, 1.807) is 36.4 Å².